The van der Waals surface area contributed by atoms with E-state index in [-0.39, 0.29) is 18.4 Å². The summed E-state index contributed by atoms with van der Waals surface area (Å²) in [5, 5.41) is 0. The lowest BCUT2D eigenvalue weighted by atomic mass is 9.75. The molecule has 4 nitrogen and oxygen atoms in total. The Labute approximate surface area is 139 Å². The lowest BCUT2D eigenvalue weighted by molar-refractivity contribution is -0.129. The molecular formula is C18H26BNO3. The number of hydrogen-bond acceptors (Lipinski definition) is 3. The Kier molecular flexibility index (Phi) is 4.78. The third-order valence-electron chi connectivity index (χ3n) is 4.87. The summed E-state index contributed by atoms with van der Waals surface area (Å²) in [6, 6.07) is 8.62. The number of likely N-dealkylation sites (tertiary alicyclic amines) is 1. The molecule has 0 radical (unpaired) electrons. The average molecular weight is 315 g/mol. The van der Waals surface area contributed by atoms with Crippen molar-refractivity contribution < 1.29 is 14.1 Å². The van der Waals surface area contributed by atoms with Crippen molar-refractivity contribution in [3.8, 4) is 0 Å². The zero-order chi connectivity index (χ0) is 16.4. The maximum atomic E-state index is 11.4. The molecule has 3 rings (SSSR count). The van der Waals surface area contributed by atoms with Gasteiger partial charge in [-0.3, -0.25) is 4.79 Å². The Morgan fingerprint density at radius 2 is 1.70 bits per heavy atom. The highest BCUT2D eigenvalue weighted by Crippen LogP contribution is 2.28. The summed E-state index contributed by atoms with van der Waals surface area (Å²) in [6.07, 6.45) is 2.09. The highest BCUT2D eigenvalue weighted by molar-refractivity contribution is 6.61. The minimum absolute atomic E-state index is 0.0983. The van der Waals surface area contributed by atoms with Gasteiger partial charge in [-0.05, 0) is 29.8 Å². The van der Waals surface area contributed by atoms with Crippen molar-refractivity contribution in [2.75, 3.05) is 26.3 Å². The molecule has 1 aromatic carbocycles. The predicted molar refractivity (Wildman–Crippen MR) is 91.7 cm³/mol. The number of carbonyl (C=O) groups is 1. The number of piperidine rings is 1. The maximum Gasteiger partial charge on any atom is 0.493 e. The molecule has 2 fully saturated rings. The van der Waals surface area contributed by atoms with E-state index in [0.29, 0.717) is 5.92 Å². The third-order valence-corrected chi connectivity index (χ3v) is 4.87. The Bertz CT molecular complexity index is 540. The van der Waals surface area contributed by atoms with Crippen LogP contribution in [-0.2, 0) is 14.1 Å². The minimum atomic E-state index is -0.239. The smallest absolute Gasteiger partial charge is 0.407 e. The van der Waals surface area contributed by atoms with Gasteiger partial charge in [0.1, 0.15) is 0 Å². The topological polar surface area (TPSA) is 38.8 Å². The largest absolute Gasteiger partial charge is 0.493 e. The van der Waals surface area contributed by atoms with E-state index < -0.39 is 0 Å². The number of nitrogens with zero attached hydrogens (tertiary/aromatic N) is 1. The zero-order valence-corrected chi connectivity index (χ0v) is 14.4. The molecule has 23 heavy (non-hydrogen) atoms. The van der Waals surface area contributed by atoms with E-state index in [1.807, 2.05) is 4.90 Å². The molecule has 0 unspecified atom stereocenters. The van der Waals surface area contributed by atoms with Gasteiger partial charge in [0.15, 0.2) is 0 Å². The number of benzene rings is 1. The van der Waals surface area contributed by atoms with Crippen LogP contribution in [0, 0.1) is 5.41 Å². The summed E-state index contributed by atoms with van der Waals surface area (Å²) in [5.41, 5.74) is 2.54. The van der Waals surface area contributed by atoms with Crippen molar-refractivity contribution in [2.45, 2.75) is 39.5 Å². The highest BCUT2D eigenvalue weighted by atomic mass is 16.6. The Morgan fingerprint density at radius 1 is 1.13 bits per heavy atom. The van der Waals surface area contributed by atoms with E-state index >= 15 is 0 Å². The van der Waals surface area contributed by atoms with Crippen LogP contribution in [0.4, 0.5) is 0 Å². The van der Waals surface area contributed by atoms with E-state index in [0.717, 1.165) is 44.6 Å². The summed E-state index contributed by atoms with van der Waals surface area (Å²) in [6.45, 7) is 9.14. The highest BCUT2D eigenvalue weighted by Gasteiger charge is 2.33. The Balaban J connectivity index is 1.59. The summed E-state index contributed by atoms with van der Waals surface area (Å²) < 4.78 is 11.7. The first-order valence-electron chi connectivity index (χ1n) is 8.53. The Hall–Kier alpha value is -1.33. The summed E-state index contributed by atoms with van der Waals surface area (Å²) in [7, 11) is -0.239. The monoisotopic (exact) mass is 315 g/mol. The van der Waals surface area contributed by atoms with Gasteiger partial charge in [0.25, 0.3) is 0 Å². The molecule has 0 bridgehead atoms. The van der Waals surface area contributed by atoms with Crippen LogP contribution in [0.1, 0.15) is 45.1 Å². The van der Waals surface area contributed by atoms with E-state index in [2.05, 4.69) is 38.1 Å². The molecular weight excluding hydrogens is 289 g/mol. The second-order valence-electron chi connectivity index (χ2n) is 7.57. The third kappa shape index (κ3) is 3.96. The first-order chi connectivity index (χ1) is 10.9. The van der Waals surface area contributed by atoms with Gasteiger partial charge in [-0.15, -0.1) is 0 Å². The number of amides is 1. The second kappa shape index (κ2) is 6.66. The molecule has 0 aromatic heterocycles. The van der Waals surface area contributed by atoms with Crippen molar-refractivity contribution in [2.24, 2.45) is 5.41 Å². The van der Waals surface area contributed by atoms with Gasteiger partial charge in [-0.25, -0.2) is 0 Å². The molecule has 2 aliphatic heterocycles. The fourth-order valence-corrected chi connectivity index (χ4v) is 3.34. The number of rotatable bonds is 2. The van der Waals surface area contributed by atoms with Crippen molar-refractivity contribution in [1.82, 2.24) is 4.90 Å². The zero-order valence-electron chi connectivity index (χ0n) is 14.4. The summed E-state index contributed by atoms with van der Waals surface area (Å²) in [4.78, 5) is 13.3. The molecule has 0 spiro atoms. The summed E-state index contributed by atoms with van der Waals surface area (Å²) >= 11 is 0. The van der Waals surface area contributed by atoms with Crippen molar-refractivity contribution in [3.05, 3.63) is 29.8 Å². The summed E-state index contributed by atoms with van der Waals surface area (Å²) in [5.74, 6) is 0.736. The molecule has 0 saturated carbocycles. The van der Waals surface area contributed by atoms with Crippen molar-refractivity contribution in [1.29, 1.82) is 0 Å². The van der Waals surface area contributed by atoms with Gasteiger partial charge in [-0.1, -0.05) is 38.1 Å². The van der Waals surface area contributed by atoms with Crippen LogP contribution in [0.2, 0.25) is 0 Å². The first-order valence-corrected chi connectivity index (χ1v) is 8.53. The molecule has 0 atom stereocenters. The molecule has 1 amide bonds. The standard InChI is InChI=1S/C18H26BNO3/c1-14(21)20-10-8-16(9-11-20)15-4-6-17(7-5-15)19-22-12-18(2,3)13-23-19/h4-7,16H,8-13H2,1-3H3. The quantitative estimate of drug-likeness (QED) is 0.785. The molecule has 1 aromatic rings. The molecule has 5 heteroatoms. The van der Waals surface area contributed by atoms with Crippen molar-refractivity contribution in [3.63, 3.8) is 0 Å². The van der Waals surface area contributed by atoms with Crippen LogP contribution in [-0.4, -0.2) is 44.2 Å². The van der Waals surface area contributed by atoms with E-state index in [4.69, 9.17) is 9.31 Å². The molecule has 2 heterocycles. The van der Waals surface area contributed by atoms with Gasteiger partial charge in [0.2, 0.25) is 5.91 Å². The van der Waals surface area contributed by atoms with Gasteiger partial charge in [-0.2, -0.15) is 0 Å². The van der Waals surface area contributed by atoms with Crippen LogP contribution in [0.5, 0.6) is 0 Å². The molecule has 2 aliphatic rings. The van der Waals surface area contributed by atoms with E-state index in [1.54, 1.807) is 6.92 Å². The normalized spacial score (nSPS) is 22.2. The van der Waals surface area contributed by atoms with Crippen LogP contribution in [0.15, 0.2) is 24.3 Å². The maximum absolute atomic E-state index is 11.4. The lowest BCUT2D eigenvalue weighted by Crippen LogP contribution is -2.47. The van der Waals surface area contributed by atoms with E-state index in [1.165, 1.54) is 5.56 Å². The van der Waals surface area contributed by atoms with Crippen molar-refractivity contribution >= 4 is 18.5 Å². The SMILES string of the molecule is CC(=O)N1CCC(c2ccc(B3OCC(C)(C)CO3)cc2)CC1. The van der Waals surface area contributed by atoms with Gasteiger partial charge in [0.05, 0.1) is 0 Å². The predicted octanol–water partition coefficient (Wildman–Crippen LogP) is 2.18. The van der Waals surface area contributed by atoms with Crippen LogP contribution in [0.3, 0.4) is 0 Å². The first kappa shape index (κ1) is 16.5. The van der Waals surface area contributed by atoms with Gasteiger partial charge < -0.3 is 14.2 Å². The van der Waals surface area contributed by atoms with Crippen LogP contribution < -0.4 is 5.46 Å². The molecule has 0 N–H and O–H groups in total. The Morgan fingerprint density at radius 3 is 2.22 bits per heavy atom. The fraction of sp³-hybridized carbons (Fsp3) is 0.611. The minimum Gasteiger partial charge on any atom is -0.407 e. The number of carbonyl (C=O) groups excluding carboxylic acids is 1. The molecule has 124 valence electrons. The van der Waals surface area contributed by atoms with Gasteiger partial charge in [0, 0.05) is 38.6 Å². The second-order valence-corrected chi connectivity index (χ2v) is 7.57. The van der Waals surface area contributed by atoms with Crippen LogP contribution >= 0.6 is 0 Å². The fourth-order valence-electron chi connectivity index (χ4n) is 3.34. The molecule has 2 saturated heterocycles. The number of hydrogen-bond donors (Lipinski definition) is 0. The van der Waals surface area contributed by atoms with E-state index in [9.17, 15) is 4.79 Å². The van der Waals surface area contributed by atoms with Crippen LogP contribution in [0.25, 0.3) is 0 Å². The average Bonchev–Trinajstić information content (AvgIpc) is 2.55. The lowest BCUT2D eigenvalue weighted by Gasteiger charge is -2.33. The van der Waals surface area contributed by atoms with Gasteiger partial charge >= 0.3 is 7.12 Å². The molecule has 0 aliphatic carbocycles.